The molecule has 17 heavy (non-hydrogen) atoms. The van der Waals surface area contributed by atoms with Gasteiger partial charge in [0.15, 0.2) is 5.82 Å². The second-order valence-corrected chi connectivity index (χ2v) is 4.46. The van der Waals surface area contributed by atoms with Crippen molar-refractivity contribution in [3.05, 3.63) is 40.6 Å². The lowest BCUT2D eigenvalue weighted by atomic mass is 10.1. The van der Waals surface area contributed by atoms with Gasteiger partial charge in [0.25, 0.3) is 0 Å². The molecule has 3 nitrogen and oxygen atoms in total. The summed E-state index contributed by atoms with van der Waals surface area (Å²) in [5, 5.41) is 11.8. The fraction of sp³-hybridized carbons (Fsp3) is 0.250. The summed E-state index contributed by atoms with van der Waals surface area (Å²) in [6.45, 7) is 5.49. The first-order chi connectivity index (χ1) is 7.97. The van der Waals surface area contributed by atoms with E-state index in [9.17, 15) is 9.18 Å². The lowest BCUT2D eigenvalue weighted by molar-refractivity contribution is 0.0695. The number of carbonyl (C=O) groups is 1. The summed E-state index contributed by atoms with van der Waals surface area (Å²) >= 11 is 2.94. The summed E-state index contributed by atoms with van der Waals surface area (Å²) in [4.78, 5) is 10.8. The van der Waals surface area contributed by atoms with Gasteiger partial charge in [0.1, 0.15) is 0 Å². The summed E-state index contributed by atoms with van der Waals surface area (Å²) in [7, 11) is 0. The minimum Gasteiger partial charge on any atom is -0.478 e. The van der Waals surface area contributed by atoms with E-state index in [0.29, 0.717) is 6.42 Å². The molecule has 0 aliphatic rings. The van der Waals surface area contributed by atoms with E-state index >= 15 is 0 Å². The second kappa shape index (κ2) is 5.82. The zero-order chi connectivity index (χ0) is 13.0. The first-order valence-corrected chi connectivity index (χ1v) is 5.85. The number of hydrogen-bond donors (Lipinski definition) is 2. The quantitative estimate of drug-likeness (QED) is 0.816. The Kier molecular flexibility index (Phi) is 4.69. The van der Waals surface area contributed by atoms with E-state index in [1.807, 2.05) is 6.92 Å². The van der Waals surface area contributed by atoms with Gasteiger partial charge in [-0.2, -0.15) is 0 Å². The lowest BCUT2D eigenvalue weighted by Crippen LogP contribution is -2.15. The topological polar surface area (TPSA) is 49.3 Å². The molecule has 0 saturated carbocycles. The van der Waals surface area contributed by atoms with E-state index in [1.54, 1.807) is 6.08 Å². The Morgan fingerprint density at radius 1 is 1.71 bits per heavy atom. The molecule has 0 amide bonds. The molecule has 1 aromatic rings. The van der Waals surface area contributed by atoms with Gasteiger partial charge in [-0.15, -0.1) is 6.58 Å². The highest BCUT2D eigenvalue weighted by atomic mass is 79.9. The van der Waals surface area contributed by atoms with Gasteiger partial charge < -0.3 is 10.4 Å². The van der Waals surface area contributed by atoms with Gasteiger partial charge >= 0.3 is 5.97 Å². The van der Waals surface area contributed by atoms with Crippen LogP contribution in [0, 0.1) is 5.82 Å². The second-order valence-electron chi connectivity index (χ2n) is 3.66. The number of nitrogens with one attached hydrogen (secondary N) is 1. The van der Waals surface area contributed by atoms with Gasteiger partial charge in [0.05, 0.1) is 15.7 Å². The first kappa shape index (κ1) is 13.7. The minimum absolute atomic E-state index is 0.0320. The van der Waals surface area contributed by atoms with Gasteiger partial charge in [-0.1, -0.05) is 6.08 Å². The molecule has 1 unspecified atom stereocenters. The summed E-state index contributed by atoms with van der Waals surface area (Å²) < 4.78 is 13.8. The molecule has 5 heteroatoms. The highest BCUT2D eigenvalue weighted by Crippen LogP contribution is 2.27. The van der Waals surface area contributed by atoms with Crippen LogP contribution in [0.15, 0.2) is 29.3 Å². The molecule has 0 aliphatic heterocycles. The Hall–Kier alpha value is -1.36. The summed E-state index contributed by atoms with van der Waals surface area (Å²) in [6, 6.07) is 2.81. The van der Waals surface area contributed by atoms with Crippen molar-refractivity contribution in [1.82, 2.24) is 0 Å². The Balaban J connectivity index is 3.00. The molecule has 1 rings (SSSR count). The van der Waals surface area contributed by atoms with E-state index in [1.165, 1.54) is 12.1 Å². The van der Waals surface area contributed by atoms with Crippen LogP contribution < -0.4 is 5.32 Å². The van der Waals surface area contributed by atoms with Crippen LogP contribution in [0.5, 0.6) is 0 Å². The average molecular weight is 302 g/mol. The predicted molar refractivity (Wildman–Crippen MR) is 69.0 cm³/mol. The van der Waals surface area contributed by atoms with Crippen molar-refractivity contribution >= 4 is 27.6 Å². The third kappa shape index (κ3) is 3.30. The van der Waals surface area contributed by atoms with Crippen LogP contribution >= 0.6 is 15.9 Å². The number of carboxylic acids is 1. The van der Waals surface area contributed by atoms with Crippen molar-refractivity contribution in [2.24, 2.45) is 0 Å². The van der Waals surface area contributed by atoms with Crippen LogP contribution in [0.3, 0.4) is 0 Å². The maximum atomic E-state index is 13.8. The van der Waals surface area contributed by atoms with Crippen molar-refractivity contribution in [3.63, 3.8) is 0 Å². The van der Waals surface area contributed by atoms with Crippen LogP contribution in [-0.2, 0) is 0 Å². The molecule has 92 valence electrons. The Bertz CT molecular complexity index is 448. The van der Waals surface area contributed by atoms with Gasteiger partial charge in [0.2, 0.25) is 0 Å². The third-order valence-electron chi connectivity index (χ3n) is 2.23. The number of hydrogen-bond acceptors (Lipinski definition) is 2. The smallest absolute Gasteiger partial charge is 0.336 e. The van der Waals surface area contributed by atoms with Gasteiger partial charge in [-0.3, -0.25) is 0 Å². The Morgan fingerprint density at radius 2 is 2.35 bits per heavy atom. The van der Waals surface area contributed by atoms with Gasteiger partial charge in [-0.05, 0) is 41.4 Å². The summed E-state index contributed by atoms with van der Waals surface area (Å²) in [6.07, 6.45) is 2.42. The number of rotatable bonds is 5. The van der Waals surface area contributed by atoms with Crippen molar-refractivity contribution in [1.29, 1.82) is 0 Å². The van der Waals surface area contributed by atoms with Crippen LogP contribution in [0.4, 0.5) is 10.1 Å². The Morgan fingerprint density at radius 3 is 2.88 bits per heavy atom. The standard InChI is InChI=1S/C12H13BrFNO2/c1-3-4-7(2)15-9-6-5-8(12(16)17)10(13)11(9)14/h3,5-7,15H,1,4H2,2H3,(H,16,17). The first-order valence-electron chi connectivity index (χ1n) is 5.06. The van der Waals surface area contributed by atoms with E-state index in [2.05, 4.69) is 27.8 Å². The van der Waals surface area contributed by atoms with Gasteiger partial charge in [-0.25, -0.2) is 9.18 Å². The molecule has 0 radical (unpaired) electrons. The number of anilines is 1. The van der Waals surface area contributed by atoms with Crippen LogP contribution in [-0.4, -0.2) is 17.1 Å². The van der Waals surface area contributed by atoms with Crippen LogP contribution in [0.1, 0.15) is 23.7 Å². The molecule has 0 fully saturated rings. The van der Waals surface area contributed by atoms with Crippen molar-refractivity contribution in [3.8, 4) is 0 Å². The largest absolute Gasteiger partial charge is 0.478 e. The fourth-order valence-electron chi connectivity index (χ4n) is 1.40. The predicted octanol–water partition coefficient (Wildman–Crippen LogP) is 3.66. The zero-order valence-corrected chi connectivity index (χ0v) is 10.9. The summed E-state index contributed by atoms with van der Waals surface area (Å²) in [5.74, 6) is -1.76. The molecular formula is C12H13BrFNO2. The van der Waals surface area contributed by atoms with Crippen molar-refractivity contribution < 1.29 is 14.3 Å². The Labute approximate surface area is 107 Å². The molecule has 0 aliphatic carbocycles. The number of halogens is 2. The van der Waals surface area contributed by atoms with E-state index in [0.717, 1.165) is 0 Å². The highest BCUT2D eigenvalue weighted by molar-refractivity contribution is 9.10. The van der Waals surface area contributed by atoms with E-state index < -0.39 is 11.8 Å². The maximum absolute atomic E-state index is 13.8. The molecule has 1 aromatic carbocycles. The fourth-order valence-corrected chi connectivity index (χ4v) is 1.92. The third-order valence-corrected chi connectivity index (χ3v) is 3.01. The SMILES string of the molecule is C=CCC(C)Nc1ccc(C(=O)O)c(Br)c1F. The van der Waals surface area contributed by atoms with Crippen LogP contribution in [0.2, 0.25) is 0 Å². The molecule has 0 spiro atoms. The zero-order valence-electron chi connectivity index (χ0n) is 9.34. The van der Waals surface area contributed by atoms with E-state index in [4.69, 9.17) is 5.11 Å². The molecule has 2 N–H and O–H groups in total. The number of benzene rings is 1. The lowest BCUT2D eigenvalue weighted by Gasteiger charge is -2.15. The molecule has 0 saturated heterocycles. The number of aromatic carboxylic acids is 1. The molecule has 0 heterocycles. The monoisotopic (exact) mass is 301 g/mol. The average Bonchev–Trinajstić information content (AvgIpc) is 2.25. The molecule has 1 atom stereocenters. The summed E-state index contributed by atoms with van der Waals surface area (Å²) in [5.41, 5.74) is 0.181. The number of carboxylic acid groups (broad SMARTS) is 1. The minimum atomic E-state index is -1.17. The molecule has 0 aromatic heterocycles. The van der Waals surface area contributed by atoms with Gasteiger partial charge in [0, 0.05) is 6.04 Å². The van der Waals surface area contributed by atoms with Crippen molar-refractivity contribution in [2.75, 3.05) is 5.32 Å². The molecular weight excluding hydrogens is 289 g/mol. The highest BCUT2D eigenvalue weighted by Gasteiger charge is 2.16. The maximum Gasteiger partial charge on any atom is 0.336 e. The normalized spacial score (nSPS) is 11.9. The van der Waals surface area contributed by atoms with Crippen molar-refractivity contribution in [2.45, 2.75) is 19.4 Å². The van der Waals surface area contributed by atoms with Crippen LogP contribution in [0.25, 0.3) is 0 Å². The molecule has 0 bridgehead atoms. The van der Waals surface area contributed by atoms with E-state index in [-0.39, 0.29) is 21.8 Å².